The lowest BCUT2D eigenvalue weighted by Crippen LogP contribution is -2.49. The Morgan fingerprint density at radius 1 is 0.939 bits per heavy atom. The summed E-state index contributed by atoms with van der Waals surface area (Å²) in [4.78, 5) is 30.5. The largest absolute Gasteiger partial charge is 0.490 e. The van der Waals surface area contributed by atoms with Crippen LogP contribution in [-0.2, 0) is 15.8 Å². The Morgan fingerprint density at radius 3 is 2.39 bits per heavy atom. The molecule has 0 saturated carbocycles. The molecule has 0 bridgehead atoms. The van der Waals surface area contributed by atoms with Gasteiger partial charge >= 0.3 is 6.18 Å². The van der Waals surface area contributed by atoms with Crippen LogP contribution in [0.5, 0.6) is 5.75 Å². The molecule has 6 nitrogen and oxygen atoms in total. The van der Waals surface area contributed by atoms with Crippen molar-refractivity contribution in [2.75, 3.05) is 49.1 Å². The number of halogens is 4. The fraction of sp³-hybridized carbons (Fsp3) is 0.391. The minimum atomic E-state index is -4.40. The van der Waals surface area contributed by atoms with E-state index in [1.807, 2.05) is 4.90 Å². The van der Waals surface area contributed by atoms with Crippen LogP contribution in [0, 0.1) is 0 Å². The Morgan fingerprint density at radius 2 is 1.67 bits per heavy atom. The number of hydrogen-bond acceptors (Lipinski definition) is 4. The normalized spacial score (nSPS) is 16.3. The molecule has 2 aromatic carbocycles. The van der Waals surface area contributed by atoms with E-state index in [4.69, 9.17) is 16.3 Å². The average molecular weight is 482 g/mol. The van der Waals surface area contributed by atoms with Crippen LogP contribution in [-0.4, -0.2) is 56.0 Å². The zero-order chi connectivity index (χ0) is 23.6. The topological polar surface area (TPSA) is 53.1 Å². The van der Waals surface area contributed by atoms with Gasteiger partial charge in [0.2, 0.25) is 11.8 Å². The number of anilines is 2. The number of fused-ring (bicyclic) bond motifs is 1. The Balaban J connectivity index is 1.30. The predicted octanol–water partition coefficient (Wildman–Crippen LogP) is 4.21. The second-order valence-corrected chi connectivity index (χ2v) is 8.36. The molecule has 2 amide bonds. The summed E-state index contributed by atoms with van der Waals surface area (Å²) in [5.41, 5.74) is 0.389. The third kappa shape index (κ3) is 5.35. The number of carbonyl (C=O) groups is 2. The van der Waals surface area contributed by atoms with Crippen molar-refractivity contribution < 1.29 is 27.5 Å². The van der Waals surface area contributed by atoms with Crippen LogP contribution >= 0.6 is 11.6 Å². The Hall–Kier alpha value is -2.94. The highest BCUT2D eigenvalue weighted by Gasteiger charge is 2.31. The molecule has 0 N–H and O–H groups in total. The van der Waals surface area contributed by atoms with E-state index < -0.39 is 11.7 Å². The molecule has 176 valence electrons. The summed E-state index contributed by atoms with van der Waals surface area (Å²) in [6.45, 7) is 2.38. The van der Waals surface area contributed by atoms with E-state index in [-0.39, 0.29) is 24.7 Å². The van der Waals surface area contributed by atoms with E-state index in [1.165, 1.54) is 6.07 Å². The molecule has 10 heteroatoms. The van der Waals surface area contributed by atoms with Crippen LogP contribution in [0.2, 0.25) is 5.02 Å². The van der Waals surface area contributed by atoms with Crippen LogP contribution in [0.4, 0.5) is 24.5 Å². The minimum Gasteiger partial charge on any atom is -0.490 e. The first-order valence-corrected chi connectivity index (χ1v) is 11.0. The molecule has 0 atom stereocenters. The van der Waals surface area contributed by atoms with Crippen molar-refractivity contribution in [3.05, 3.63) is 53.1 Å². The summed E-state index contributed by atoms with van der Waals surface area (Å²) in [7, 11) is 0. The molecule has 1 fully saturated rings. The summed E-state index contributed by atoms with van der Waals surface area (Å²) < 4.78 is 44.5. The average Bonchev–Trinajstić information content (AvgIpc) is 2.81. The van der Waals surface area contributed by atoms with Gasteiger partial charge in [0.15, 0.2) is 0 Å². The maximum absolute atomic E-state index is 13.0. The van der Waals surface area contributed by atoms with Gasteiger partial charge in [0.1, 0.15) is 12.4 Å². The first-order chi connectivity index (χ1) is 15.7. The predicted molar refractivity (Wildman–Crippen MR) is 119 cm³/mol. The molecule has 2 aliphatic heterocycles. The molecule has 0 aliphatic carbocycles. The molecule has 2 aliphatic rings. The third-order valence-corrected chi connectivity index (χ3v) is 6.04. The maximum atomic E-state index is 13.0. The number of piperazine rings is 1. The highest BCUT2D eigenvalue weighted by molar-refractivity contribution is 6.31. The number of rotatable bonds is 4. The van der Waals surface area contributed by atoms with Gasteiger partial charge in [0, 0.05) is 49.7 Å². The molecule has 4 rings (SSSR count). The molecular formula is C23H23ClF3N3O3. The highest BCUT2D eigenvalue weighted by atomic mass is 35.5. The van der Waals surface area contributed by atoms with Crippen molar-refractivity contribution >= 4 is 34.8 Å². The van der Waals surface area contributed by atoms with E-state index in [2.05, 4.69) is 0 Å². The highest BCUT2D eigenvalue weighted by Crippen LogP contribution is 2.35. The monoisotopic (exact) mass is 481 g/mol. The Labute approximate surface area is 194 Å². The Kier molecular flexibility index (Phi) is 6.69. The molecule has 2 heterocycles. The van der Waals surface area contributed by atoms with Gasteiger partial charge in [-0.15, -0.1) is 0 Å². The molecular weight excluding hydrogens is 459 g/mol. The van der Waals surface area contributed by atoms with Crippen LogP contribution in [0.25, 0.3) is 0 Å². The summed E-state index contributed by atoms with van der Waals surface area (Å²) in [6.07, 6.45) is -4.28. The summed E-state index contributed by atoms with van der Waals surface area (Å²) in [5, 5.41) is 0.492. The van der Waals surface area contributed by atoms with Crippen LogP contribution in [0.1, 0.15) is 18.4 Å². The smallest absolute Gasteiger partial charge is 0.416 e. The van der Waals surface area contributed by atoms with Crippen LogP contribution in [0.3, 0.4) is 0 Å². The zero-order valence-corrected chi connectivity index (χ0v) is 18.5. The van der Waals surface area contributed by atoms with Crippen molar-refractivity contribution in [1.29, 1.82) is 0 Å². The summed E-state index contributed by atoms with van der Waals surface area (Å²) in [5.74, 6) is 0.250. The standard InChI is InChI=1S/C23H23ClF3N3O3/c24-17-4-5-20-19(15-17)30(12-13-33-20)22(32)7-6-21(31)29-10-8-28(9-11-29)18-3-1-2-16(14-18)23(25,26)27/h1-5,14-15H,6-13H2. The lowest BCUT2D eigenvalue weighted by Gasteiger charge is -2.36. The van der Waals surface area contributed by atoms with E-state index in [0.717, 1.165) is 12.1 Å². The fourth-order valence-corrected chi connectivity index (χ4v) is 4.22. The molecule has 0 radical (unpaired) electrons. The van der Waals surface area contributed by atoms with Crippen molar-refractivity contribution in [1.82, 2.24) is 4.90 Å². The van der Waals surface area contributed by atoms with E-state index in [1.54, 1.807) is 34.1 Å². The van der Waals surface area contributed by atoms with Gasteiger partial charge < -0.3 is 19.4 Å². The maximum Gasteiger partial charge on any atom is 0.416 e. The lowest BCUT2D eigenvalue weighted by molar-refractivity contribution is -0.137. The van der Waals surface area contributed by atoms with Gasteiger partial charge in [-0.05, 0) is 36.4 Å². The van der Waals surface area contributed by atoms with Crippen molar-refractivity contribution in [2.45, 2.75) is 19.0 Å². The second-order valence-electron chi connectivity index (χ2n) is 7.92. The molecule has 0 aromatic heterocycles. The van der Waals surface area contributed by atoms with E-state index in [0.29, 0.717) is 61.5 Å². The SMILES string of the molecule is O=C(CCC(=O)N1CCOc2ccc(Cl)cc21)N1CCN(c2cccc(C(F)(F)F)c2)CC1. The molecule has 2 aromatic rings. The van der Waals surface area contributed by atoms with Gasteiger partial charge in [0.25, 0.3) is 0 Å². The van der Waals surface area contributed by atoms with Crippen LogP contribution in [0.15, 0.2) is 42.5 Å². The summed E-state index contributed by atoms with van der Waals surface area (Å²) >= 11 is 6.05. The van der Waals surface area contributed by atoms with Crippen molar-refractivity contribution in [3.63, 3.8) is 0 Å². The quantitative estimate of drug-likeness (QED) is 0.656. The van der Waals surface area contributed by atoms with Crippen LogP contribution < -0.4 is 14.5 Å². The molecule has 0 spiro atoms. The zero-order valence-electron chi connectivity index (χ0n) is 17.8. The van der Waals surface area contributed by atoms with Gasteiger partial charge in [-0.3, -0.25) is 9.59 Å². The summed E-state index contributed by atoms with van der Waals surface area (Å²) in [6, 6.07) is 10.3. The number of hydrogen-bond donors (Lipinski definition) is 0. The number of amides is 2. The van der Waals surface area contributed by atoms with Gasteiger partial charge in [-0.2, -0.15) is 13.2 Å². The first kappa shape index (κ1) is 23.2. The number of ether oxygens (including phenoxy) is 1. The van der Waals surface area contributed by atoms with Crippen molar-refractivity contribution in [2.24, 2.45) is 0 Å². The number of alkyl halides is 3. The Bertz CT molecular complexity index is 1040. The molecule has 1 saturated heterocycles. The second kappa shape index (κ2) is 9.51. The van der Waals surface area contributed by atoms with Gasteiger partial charge in [-0.1, -0.05) is 17.7 Å². The number of nitrogens with zero attached hydrogens (tertiary/aromatic N) is 3. The fourth-order valence-electron chi connectivity index (χ4n) is 4.05. The van der Waals surface area contributed by atoms with Gasteiger partial charge in [0.05, 0.1) is 17.8 Å². The van der Waals surface area contributed by atoms with E-state index in [9.17, 15) is 22.8 Å². The number of carbonyl (C=O) groups excluding carboxylic acids is 2. The van der Waals surface area contributed by atoms with Crippen molar-refractivity contribution in [3.8, 4) is 5.75 Å². The molecule has 0 unspecified atom stereocenters. The number of benzene rings is 2. The lowest BCUT2D eigenvalue weighted by atomic mass is 10.1. The first-order valence-electron chi connectivity index (χ1n) is 10.6. The van der Waals surface area contributed by atoms with E-state index >= 15 is 0 Å². The third-order valence-electron chi connectivity index (χ3n) is 5.81. The van der Waals surface area contributed by atoms with Gasteiger partial charge in [-0.25, -0.2) is 0 Å². The molecule has 33 heavy (non-hydrogen) atoms. The minimum absolute atomic E-state index is 0.0542.